The molecule has 1 aliphatic rings. The molecular formula is C35H48F2N6O2S. The Morgan fingerprint density at radius 1 is 1.22 bits per heavy atom. The van der Waals surface area contributed by atoms with Gasteiger partial charge in [0.05, 0.1) is 18.0 Å². The van der Waals surface area contributed by atoms with Crippen LogP contribution in [0.3, 0.4) is 0 Å². The van der Waals surface area contributed by atoms with Gasteiger partial charge in [0.2, 0.25) is 0 Å². The van der Waals surface area contributed by atoms with E-state index in [0.29, 0.717) is 22.6 Å². The highest BCUT2D eigenvalue weighted by Gasteiger charge is 2.27. The number of ether oxygens (including phenoxy) is 1. The van der Waals surface area contributed by atoms with Crippen molar-refractivity contribution in [1.29, 1.82) is 0 Å². The number of nitrogens with zero attached hydrogens (tertiary/aromatic N) is 1. The molecule has 1 aromatic heterocycles. The van der Waals surface area contributed by atoms with E-state index in [4.69, 9.17) is 10.6 Å². The number of carbonyl (C=O) groups excluding carboxylic acids is 1. The maximum atomic E-state index is 13.8. The summed E-state index contributed by atoms with van der Waals surface area (Å²) in [7, 11) is 3.29. The first-order valence-electron chi connectivity index (χ1n) is 15.5. The van der Waals surface area contributed by atoms with E-state index in [1.807, 2.05) is 40.8 Å². The van der Waals surface area contributed by atoms with Crippen LogP contribution in [0.4, 0.5) is 8.78 Å². The molecule has 3 atom stereocenters. The molecule has 0 aromatic carbocycles. The molecule has 2 heterocycles. The zero-order chi connectivity index (χ0) is 34.2. The Morgan fingerprint density at radius 3 is 2.48 bits per heavy atom. The number of hydrogen-bond acceptors (Lipinski definition) is 8. The second-order valence-corrected chi connectivity index (χ2v) is 12.5. The molecule has 2 rings (SSSR count). The molecule has 0 saturated carbocycles. The monoisotopic (exact) mass is 654 g/mol. The average molecular weight is 655 g/mol. The first-order valence-corrected chi connectivity index (χ1v) is 16.4. The van der Waals surface area contributed by atoms with Crippen molar-refractivity contribution < 1.29 is 18.3 Å². The molecule has 0 spiro atoms. The number of nitrogens with two attached hydrogens (primary N) is 1. The third-order valence-electron chi connectivity index (χ3n) is 7.09. The summed E-state index contributed by atoms with van der Waals surface area (Å²) in [6, 6.07) is 0.409. The van der Waals surface area contributed by atoms with Gasteiger partial charge in [-0.1, -0.05) is 50.0 Å². The smallest absolute Gasteiger partial charge is 0.261 e. The van der Waals surface area contributed by atoms with E-state index in [1.54, 1.807) is 6.07 Å². The molecule has 3 unspecified atom stereocenters. The van der Waals surface area contributed by atoms with E-state index in [-0.39, 0.29) is 11.5 Å². The quantitative estimate of drug-likeness (QED) is 0.0561. The molecule has 250 valence electrons. The topological polar surface area (TPSA) is 113 Å². The summed E-state index contributed by atoms with van der Waals surface area (Å²) >= 11 is 1.32. The molecule has 1 aliphatic heterocycles. The largest absolute Gasteiger partial charge is 0.495 e. The van der Waals surface area contributed by atoms with Gasteiger partial charge in [0, 0.05) is 47.8 Å². The maximum absolute atomic E-state index is 13.8. The van der Waals surface area contributed by atoms with Crippen LogP contribution in [0.2, 0.25) is 0 Å². The van der Waals surface area contributed by atoms with E-state index in [0.717, 1.165) is 42.5 Å². The highest BCUT2D eigenvalue weighted by molar-refractivity contribution is 8.00. The average Bonchev–Trinajstić information content (AvgIpc) is 3.04. The first kappa shape index (κ1) is 38.4. The van der Waals surface area contributed by atoms with Crippen LogP contribution in [-0.4, -0.2) is 48.3 Å². The highest BCUT2D eigenvalue weighted by atomic mass is 32.2. The first-order chi connectivity index (χ1) is 22.0. The van der Waals surface area contributed by atoms with Crippen LogP contribution in [0.5, 0.6) is 0 Å². The van der Waals surface area contributed by atoms with Gasteiger partial charge in [0.15, 0.2) is 0 Å². The van der Waals surface area contributed by atoms with Crippen LogP contribution < -0.4 is 27.2 Å². The van der Waals surface area contributed by atoms with Crippen molar-refractivity contribution in [3.63, 3.8) is 0 Å². The summed E-state index contributed by atoms with van der Waals surface area (Å²) in [4.78, 5) is 18.2. The maximum Gasteiger partial charge on any atom is 0.261 e. The summed E-state index contributed by atoms with van der Waals surface area (Å²) in [6.45, 7) is 12.0. The highest BCUT2D eigenvalue weighted by Crippen LogP contribution is 2.31. The van der Waals surface area contributed by atoms with Gasteiger partial charge in [-0.25, -0.2) is 19.2 Å². The van der Waals surface area contributed by atoms with Gasteiger partial charge < -0.3 is 20.7 Å². The van der Waals surface area contributed by atoms with E-state index >= 15 is 0 Å². The summed E-state index contributed by atoms with van der Waals surface area (Å²) in [5.74, 6) is 18.6. The molecule has 6 N–H and O–H groups in total. The Kier molecular flexibility index (Phi) is 16.4. The number of carbonyl (C=O) groups is 1. The molecule has 0 radical (unpaired) electrons. The number of rotatable bonds is 14. The Hall–Kier alpha value is -3.77. The van der Waals surface area contributed by atoms with E-state index in [9.17, 15) is 13.6 Å². The third-order valence-corrected chi connectivity index (χ3v) is 8.14. The normalized spacial score (nSPS) is 15.7. The number of methoxy groups -OCH3 is 1. The van der Waals surface area contributed by atoms with Crippen molar-refractivity contribution in [2.45, 2.75) is 90.4 Å². The molecular weight excluding hydrogens is 606 g/mol. The van der Waals surface area contributed by atoms with Crippen LogP contribution in [-0.2, 0) is 4.74 Å². The molecule has 1 amide bonds. The van der Waals surface area contributed by atoms with Crippen molar-refractivity contribution >= 4 is 23.2 Å². The zero-order valence-electron chi connectivity index (χ0n) is 28.1. The lowest BCUT2D eigenvalue weighted by Gasteiger charge is -2.24. The van der Waals surface area contributed by atoms with Gasteiger partial charge in [0.25, 0.3) is 12.3 Å². The Balaban J connectivity index is 2.46. The minimum Gasteiger partial charge on any atom is -0.495 e. The molecule has 46 heavy (non-hydrogen) atoms. The third kappa shape index (κ3) is 11.9. The number of pyridine rings is 1. The van der Waals surface area contributed by atoms with E-state index < -0.39 is 29.1 Å². The molecule has 8 nitrogen and oxygen atoms in total. The van der Waals surface area contributed by atoms with E-state index in [2.05, 4.69) is 63.9 Å². The number of alkyl halides is 2. The summed E-state index contributed by atoms with van der Waals surface area (Å²) in [5, 5.41) is 7.77. The second kappa shape index (κ2) is 19.7. The zero-order valence-corrected chi connectivity index (χ0v) is 28.9. The van der Waals surface area contributed by atoms with Crippen molar-refractivity contribution in [2.24, 2.45) is 11.8 Å². The number of aromatic nitrogens is 1. The Morgan fingerprint density at radius 2 is 1.91 bits per heavy atom. The van der Waals surface area contributed by atoms with Crippen molar-refractivity contribution in [3.8, 4) is 23.7 Å². The van der Waals surface area contributed by atoms with Gasteiger partial charge >= 0.3 is 0 Å². The van der Waals surface area contributed by atoms with Crippen LogP contribution in [0.25, 0.3) is 5.57 Å². The van der Waals surface area contributed by atoms with Crippen molar-refractivity contribution in [1.82, 2.24) is 26.4 Å². The van der Waals surface area contributed by atoms with E-state index in [1.165, 1.54) is 37.3 Å². The number of allylic oxidation sites excluding steroid dienone is 5. The van der Waals surface area contributed by atoms with Gasteiger partial charge in [-0.3, -0.25) is 10.6 Å². The minimum absolute atomic E-state index is 0.198. The van der Waals surface area contributed by atoms with Gasteiger partial charge in [0.1, 0.15) is 22.9 Å². The number of hydrogen-bond donors (Lipinski definition) is 5. The Labute approximate surface area is 277 Å². The molecule has 0 bridgehead atoms. The predicted octanol–water partition coefficient (Wildman–Crippen LogP) is 5.82. The number of halogens is 2. The fourth-order valence-electron chi connectivity index (χ4n) is 4.54. The summed E-state index contributed by atoms with van der Waals surface area (Å²) in [5.41, 5.74) is 6.95. The number of nitrogens with one attached hydrogen (secondary N) is 4. The molecule has 0 fully saturated rings. The number of thioether (sulfide) groups is 1. The van der Waals surface area contributed by atoms with Gasteiger partial charge in [-0.15, -0.1) is 11.8 Å². The van der Waals surface area contributed by atoms with Crippen LogP contribution in [0.15, 0.2) is 53.2 Å². The fraction of sp³-hybridized carbons (Fsp3) is 0.486. The van der Waals surface area contributed by atoms with Crippen LogP contribution in [0, 0.1) is 29.6 Å². The van der Waals surface area contributed by atoms with Gasteiger partial charge in [-0.05, 0) is 64.7 Å². The standard InChI is InChI=1S/C35H48F2N6O2S/c1-9-11-25(12-10-2)13-15-27-18-28(29-19-31(34(36)37)41-21-32(29)45-8)30(20-40-27)35(44)42-24(6)46-33(43-38)16-14-26(22(3)4)17-23(5)39-7/h17-21,24-25,31,33-34,39,41,43H,9-12,38H2,1-8H3,(H,42,44)/b23-17-. The van der Waals surface area contributed by atoms with Gasteiger partial charge in [-0.2, -0.15) is 0 Å². The van der Waals surface area contributed by atoms with Crippen LogP contribution in [0.1, 0.15) is 88.8 Å². The molecule has 11 heteroatoms. The summed E-state index contributed by atoms with van der Waals surface area (Å²) < 4.78 is 33.0. The fourth-order valence-corrected chi connectivity index (χ4v) is 5.33. The summed E-state index contributed by atoms with van der Waals surface area (Å²) in [6.07, 6.45) is 7.45. The number of dihydropyridines is 1. The number of hydrazine groups is 1. The SMILES string of the molecule is CCCC(C#Cc1cc(C2=CC(C(F)F)NC=C2OC)c(C(=O)NC(C)SC(C#CC(/C=C(/C)NC)=C(C)C)NN)cn1)CCC. The van der Waals surface area contributed by atoms with Crippen LogP contribution >= 0.6 is 11.8 Å². The van der Waals surface area contributed by atoms with Crippen molar-refractivity contribution in [2.75, 3.05) is 14.2 Å². The lowest BCUT2D eigenvalue weighted by molar-refractivity contribution is 0.0951. The predicted molar refractivity (Wildman–Crippen MR) is 185 cm³/mol. The lowest BCUT2D eigenvalue weighted by atomic mass is 9.94. The molecule has 1 aromatic rings. The molecule has 0 saturated heterocycles. The Bertz CT molecular complexity index is 1440. The molecule has 0 aliphatic carbocycles. The number of amides is 1. The lowest BCUT2D eigenvalue weighted by Crippen LogP contribution is -2.38. The minimum atomic E-state index is -2.67. The second-order valence-electron chi connectivity index (χ2n) is 11.0. The van der Waals surface area contributed by atoms with Crippen molar-refractivity contribution in [3.05, 3.63) is 70.0 Å².